The highest BCUT2D eigenvalue weighted by molar-refractivity contribution is 7.13. The van der Waals surface area contributed by atoms with Crippen LogP contribution in [0.4, 0.5) is 5.95 Å². The number of aryl methyl sites for hydroxylation is 1. The summed E-state index contributed by atoms with van der Waals surface area (Å²) in [7, 11) is 0. The van der Waals surface area contributed by atoms with Gasteiger partial charge in [-0.2, -0.15) is 4.98 Å². The summed E-state index contributed by atoms with van der Waals surface area (Å²) in [5, 5.41) is 11.3. The highest BCUT2D eigenvalue weighted by Gasteiger charge is 2.16. The van der Waals surface area contributed by atoms with Gasteiger partial charge in [0.25, 0.3) is 0 Å². The first-order valence-electron chi connectivity index (χ1n) is 7.83. The lowest BCUT2D eigenvalue weighted by atomic mass is 10.2. The standard InChI is InChI=1S/C17H14N6O2S/c1-10-12(19-16(25-10)13-6-4-8-26-13)9-14(24)20-17-21-15(22-23-17)11-5-2-3-7-18-11/h2-8H,9H2,1H3,(H2,20,21,22,23,24). The highest BCUT2D eigenvalue weighted by atomic mass is 32.1. The maximum Gasteiger partial charge on any atom is 0.249 e. The first-order chi connectivity index (χ1) is 12.7. The molecule has 0 fully saturated rings. The minimum absolute atomic E-state index is 0.0775. The van der Waals surface area contributed by atoms with Crippen LogP contribution in [0.5, 0.6) is 0 Å². The number of carbonyl (C=O) groups is 1. The number of aromatic nitrogens is 5. The Hall–Kier alpha value is -3.33. The zero-order chi connectivity index (χ0) is 17.9. The van der Waals surface area contributed by atoms with Crippen LogP contribution >= 0.6 is 11.3 Å². The number of oxazole rings is 1. The van der Waals surface area contributed by atoms with Gasteiger partial charge in [0, 0.05) is 6.20 Å². The van der Waals surface area contributed by atoms with Crippen molar-refractivity contribution in [1.29, 1.82) is 0 Å². The van der Waals surface area contributed by atoms with Crippen LogP contribution < -0.4 is 5.32 Å². The molecular weight excluding hydrogens is 352 g/mol. The van der Waals surface area contributed by atoms with Crippen LogP contribution in [0.1, 0.15) is 11.5 Å². The van der Waals surface area contributed by atoms with Crippen LogP contribution in [0.2, 0.25) is 0 Å². The summed E-state index contributed by atoms with van der Waals surface area (Å²) in [5.41, 5.74) is 1.24. The van der Waals surface area contributed by atoms with Crippen molar-refractivity contribution in [3.05, 3.63) is 53.4 Å². The molecule has 1 amide bonds. The molecule has 0 saturated heterocycles. The summed E-state index contributed by atoms with van der Waals surface area (Å²) < 4.78 is 5.65. The molecule has 0 unspecified atom stereocenters. The first-order valence-corrected chi connectivity index (χ1v) is 8.71. The number of anilines is 1. The molecule has 0 aromatic carbocycles. The predicted octanol–water partition coefficient (Wildman–Crippen LogP) is 3.07. The lowest BCUT2D eigenvalue weighted by Crippen LogP contribution is -2.16. The summed E-state index contributed by atoms with van der Waals surface area (Å²) in [6.45, 7) is 1.79. The predicted molar refractivity (Wildman–Crippen MR) is 96.5 cm³/mol. The molecule has 0 spiro atoms. The van der Waals surface area contributed by atoms with Crippen molar-refractivity contribution in [2.45, 2.75) is 13.3 Å². The van der Waals surface area contributed by atoms with Gasteiger partial charge in [0.15, 0.2) is 5.82 Å². The molecule has 0 aliphatic heterocycles. The molecule has 4 aromatic heterocycles. The Balaban J connectivity index is 1.44. The highest BCUT2D eigenvalue weighted by Crippen LogP contribution is 2.26. The van der Waals surface area contributed by atoms with E-state index in [2.05, 4.69) is 30.5 Å². The van der Waals surface area contributed by atoms with Crippen molar-refractivity contribution in [1.82, 2.24) is 25.1 Å². The van der Waals surface area contributed by atoms with Gasteiger partial charge in [0.1, 0.15) is 11.5 Å². The van der Waals surface area contributed by atoms with Gasteiger partial charge in [-0.1, -0.05) is 12.1 Å². The Morgan fingerprint density at radius 3 is 2.96 bits per heavy atom. The lowest BCUT2D eigenvalue weighted by molar-refractivity contribution is -0.115. The van der Waals surface area contributed by atoms with Crippen molar-refractivity contribution < 1.29 is 9.21 Å². The number of amides is 1. The monoisotopic (exact) mass is 366 g/mol. The van der Waals surface area contributed by atoms with E-state index >= 15 is 0 Å². The number of aromatic amines is 1. The van der Waals surface area contributed by atoms with Gasteiger partial charge in [-0.05, 0) is 30.5 Å². The average molecular weight is 366 g/mol. The number of pyridine rings is 1. The lowest BCUT2D eigenvalue weighted by Gasteiger charge is -1.98. The SMILES string of the molecule is Cc1oc(-c2cccs2)nc1CC(=O)Nc1n[nH]c(-c2ccccn2)n1. The molecule has 4 aromatic rings. The smallest absolute Gasteiger partial charge is 0.249 e. The quantitative estimate of drug-likeness (QED) is 0.562. The Kier molecular flexibility index (Phi) is 4.28. The van der Waals surface area contributed by atoms with Crippen LogP contribution in [0.15, 0.2) is 46.3 Å². The average Bonchev–Trinajstić information content (AvgIpc) is 3.38. The molecule has 4 rings (SSSR count). The van der Waals surface area contributed by atoms with Gasteiger partial charge in [-0.25, -0.2) is 4.98 Å². The van der Waals surface area contributed by atoms with Crippen LogP contribution in [0.25, 0.3) is 22.3 Å². The van der Waals surface area contributed by atoms with Crippen LogP contribution in [-0.2, 0) is 11.2 Å². The Bertz CT molecular complexity index is 1020. The second kappa shape index (κ2) is 6.89. The van der Waals surface area contributed by atoms with Crippen molar-refractivity contribution in [2.24, 2.45) is 0 Å². The molecule has 130 valence electrons. The summed E-state index contributed by atoms with van der Waals surface area (Å²) in [6, 6.07) is 9.31. The Morgan fingerprint density at radius 2 is 2.19 bits per heavy atom. The largest absolute Gasteiger partial charge is 0.440 e. The Morgan fingerprint density at radius 1 is 1.27 bits per heavy atom. The molecule has 0 radical (unpaired) electrons. The third-order valence-corrected chi connectivity index (χ3v) is 4.45. The fourth-order valence-electron chi connectivity index (χ4n) is 2.35. The molecule has 26 heavy (non-hydrogen) atoms. The van der Waals surface area contributed by atoms with Crippen molar-refractivity contribution in [3.8, 4) is 22.3 Å². The number of thiophene rings is 1. The number of carbonyl (C=O) groups excluding carboxylic acids is 1. The van der Waals surface area contributed by atoms with Gasteiger partial charge in [0.2, 0.25) is 17.7 Å². The Labute approximate surface area is 152 Å². The molecule has 2 N–H and O–H groups in total. The van der Waals surface area contributed by atoms with Gasteiger partial charge >= 0.3 is 0 Å². The van der Waals surface area contributed by atoms with E-state index in [1.807, 2.05) is 29.6 Å². The molecular formula is C17H14N6O2S. The van der Waals surface area contributed by atoms with Crippen molar-refractivity contribution in [3.63, 3.8) is 0 Å². The van der Waals surface area contributed by atoms with E-state index in [1.165, 1.54) is 11.3 Å². The van der Waals surface area contributed by atoms with E-state index in [-0.39, 0.29) is 18.3 Å². The van der Waals surface area contributed by atoms with E-state index in [1.54, 1.807) is 19.2 Å². The summed E-state index contributed by atoms with van der Waals surface area (Å²) in [4.78, 5) is 26.0. The second-order valence-electron chi connectivity index (χ2n) is 5.45. The fourth-order valence-corrected chi connectivity index (χ4v) is 3.00. The minimum Gasteiger partial charge on any atom is -0.440 e. The molecule has 0 saturated carbocycles. The molecule has 0 atom stereocenters. The van der Waals surface area contributed by atoms with E-state index < -0.39 is 0 Å². The first kappa shape index (κ1) is 16.2. The zero-order valence-corrected chi connectivity index (χ0v) is 14.6. The molecule has 8 nitrogen and oxygen atoms in total. The van der Waals surface area contributed by atoms with E-state index in [0.717, 1.165) is 4.88 Å². The van der Waals surface area contributed by atoms with Gasteiger partial charge in [-0.15, -0.1) is 16.4 Å². The summed E-state index contributed by atoms with van der Waals surface area (Å²) in [5.74, 6) is 1.54. The molecule has 0 aliphatic carbocycles. The van der Waals surface area contributed by atoms with Crippen LogP contribution in [-0.4, -0.2) is 31.1 Å². The molecule has 9 heteroatoms. The normalized spacial score (nSPS) is 10.8. The number of nitrogens with zero attached hydrogens (tertiary/aromatic N) is 4. The number of rotatable bonds is 5. The van der Waals surface area contributed by atoms with Crippen LogP contribution in [0.3, 0.4) is 0 Å². The van der Waals surface area contributed by atoms with Crippen molar-refractivity contribution in [2.75, 3.05) is 5.32 Å². The maximum absolute atomic E-state index is 12.3. The van der Waals surface area contributed by atoms with Gasteiger partial charge < -0.3 is 4.42 Å². The van der Waals surface area contributed by atoms with Crippen LogP contribution in [0, 0.1) is 6.92 Å². The number of nitrogens with one attached hydrogen (secondary N) is 2. The molecule has 4 heterocycles. The third-order valence-electron chi connectivity index (χ3n) is 3.60. The zero-order valence-electron chi connectivity index (χ0n) is 13.8. The third kappa shape index (κ3) is 3.38. The van der Waals surface area contributed by atoms with E-state index in [9.17, 15) is 4.79 Å². The van der Waals surface area contributed by atoms with Gasteiger partial charge in [0.05, 0.1) is 17.0 Å². The number of H-pyrrole nitrogens is 1. The molecule has 0 aliphatic rings. The summed E-state index contributed by atoms with van der Waals surface area (Å²) >= 11 is 1.53. The number of hydrogen-bond acceptors (Lipinski definition) is 7. The maximum atomic E-state index is 12.3. The van der Waals surface area contributed by atoms with Gasteiger partial charge in [-0.3, -0.25) is 20.2 Å². The summed E-state index contributed by atoms with van der Waals surface area (Å²) in [6.07, 6.45) is 1.74. The molecule has 0 bridgehead atoms. The topological polar surface area (TPSA) is 110 Å². The minimum atomic E-state index is -0.272. The van der Waals surface area contributed by atoms with Crippen molar-refractivity contribution >= 4 is 23.2 Å². The van der Waals surface area contributed by atoms with E-state index in [4.69, 9.17) is 4.42 Å². The number of hydrogen-bond donors (Lipinski definition) is 2. The van der Waals surface area contributed by atoms with E-state index in [0.29, 0.717) is 28.9 Å². The second-order valence-corrected chi connectivity index (χ2v) is 6.39. The fraction of sp³-hybridized carbons (Fsp3) is 0.118.